The van der Waals surface area contributed by atoms with Crippen molar-refractivity contribution < 1.29 is 5.11 Å². The lowest BCUT2D eigenvalue weighted by molar-refractivity contribution is 0.282. The summed E-state index contributed by atoms with van der Waals surface area (Å²) >= 11 is 0. The van der Waals surface area contributed by atoms with E-state index in [1.54, 1.807) is 0 Å². The van der Waals surface area contributed by atoms with E-state index >= 15 is 0 Å². The van der Waals surface area contributed by atoms with Crippen LogP contribution in [-0.4, -0.2) is 9.67 Å². The lowest BCUT2D eigenvalue weighted by atomic mass is 10.0. The molecule has 17 heavy (non-hydrogen) atoms. The Balaban J connectivity index is 2.40. The molecule has 0 saturated heterocycles. The van der Waals surface area contributed by atoms with E-state index in [-0.39, 0.29) is 6.61 Å². The molecule has 0 saturated carbocycles. The first-order valence-corrected chi connectivity index (χ1v) is 6.47. The van der Waals surface area contributed by atoms with E-state index in [0.717, 1.165) is 18.0 Å². The third kappa shape index (κ3) is 2.37. The topological polar surface area (TPSA) is 25.2 Å². The molecule has 0 amide bonds. The quantitative estimate of drug-likeness (QED) is 0.836. The molecule has 0 bridgehead atoms. The number of rotatable bonds is 5. The van der Waals surface area contributed by atoms with E-state index in [2.05, 4.69) is 36.7 Å². The molecule has 2 heteroatoms. The molecule has 2 aromatic rings. The van der Waals surface area contributed by atoms with Gasteiger partial charge in [0, 0.05) is 18.3 Å². The molecular weight excluding hydrogens is 210 g/mol. The average Bonchev–Trinajstić information content (AvgIpc) is 2.79. The Kier molecular flexibility index (Phi) is 3.85. The molecule has 0 spiro atoms. The van der Waals surface area contributed by atoms with Gasteiger partial charge in [-0.15, -0.1) is 0 Å². The minimum Gasteiger partial charge on any atom is -0.392 e. The first-order chi connectivity index (χ1) is 8.30. The summed E-state index contributed by atoms with van der Waals surface area (Å²) in [6, 6.07) is 8.26. The van der Waals surface area contributed by atoms with Crippen LogP contribution < -0.4 is 0 Å². The highest BCUT2D eigenvalue weighted by molar-refractivity contribution is 5.83. The van der Waals surface area contributed by atoms with Crippen LogP contribution in [0.2, 0.25) is 0 Å². The van der Waals surface area contributed by atoms with Gasteiger partial charge in [-0.05, 0) is 17.4 Å². The van der Waals surface area contributed by atoms with Crippen molar-refractivity contribution in [1.29, 1.82) is 0 Å². The van der Waals surface area contributed by atoms with Crippen molar-refractivity contribution >= 4 is 10.9 Å². The maximum absolute atomic E-state index is 9.41. The van der Waals surface area contributed by atoms with Crippen LogP contribution in [0.4, 0.5) is 0 Å². The number of aliphatic hydroxyl groups is 1. The fourth-order valence-corrected chi connectivity index (χ4v) is 2.45. The van der Waals surface area contributed by atoms with Gasteiger partial charge in [0.25, 0.3) is 0 Å². The predicted molar refractivity (Wildman–Crippen MR) is 71.9 cm³/mol. The molecule has 0 aliphatic heterocycles. The molecule has 0 atom stereocenters. The highest BCUT2D eigenvalue weighted by Gasteiger charge is 2.09. The van der Waals surface area contributed by atoms with Gasteiger partial charge in [0.05, 0.1) is 12.1 Å². The van der Waals surface area contributed by atoms with E-state index in [9.17, 15) is 5.11 Å². The number of hydrogen-bond donors (Lipinski definition) is 1. The van der Waals surface area contributed by atoms with Gasteiger partial charge in [-0.2, -0.15) is 0 Å². The Morgan fingerprint density at radius 1 is 1.18 bits per heavy atom. The molecular formula is C15H21NO. The lowest BCUT2D eigenvalue weighted by Crippen LogP contribution is -2.09. The number of benzene rings is 1. The van der Waals surface area contributed by atoms with Gasteiger partial charge in [0.2, 0.25) is 0 Å². The van der Waals surface area contributed by atoms with Crippen LogP contribution in [0.1, 0.15) is 32.3 Å². The molecule has 2 rings (SSSR count). The van der Waals surface area contributed by atoms with E-state index in [1.165, 1.54) is 23.7 Å². The van der Waals surface area contributed by atoms with Gasteiger partial charge in [-0.1, -0.05) is 44.9 Å². The third-order valence-corrected chi connectivity index (χ3v) is 3.65. The summed E-state index contributed by atoms with van der Waals surface area (Å²) in [5, 5.41) is 10.6. The number of aromatic nitrogens is 1. The minimum absolute atomic E-state index is 0.115. The Morgan fingerprint density at radius 3 is 2.59 bits per heavy atom. The summed E-state index contributed by atoms with van der Waals surface area (Å²) in [6.07, 6.45) is 4.55. The molecule has 1 aromatic heterocycles. The molecule has 0 aliphatic rings. The zero-order valence-electron chi connectivity index (χ0n) is 10.7. The van der Waals surface area contributed by atoms with Crippen molar-refractivity contribution in [3.8, 4) is 0 Å². The molecule has 0 aliphatic carbocycles. The SMILES string of the molecule is CCC(CC)Cn1ccc2cccc(CO)c21. The Morgan fingerprint density at radius 2 is 1.94 bits per heavy atom. The predicted octanol–water partition coefficient (Wildman–Crippen LogP) is 3.57. The highest BCUT2D eigenvalue weighted by Crippen LogP contribution is 2.22. The summed E-state index contributed by atoms with van der Waals surface area (Å²) < 4.78 is 2.29. The molecule has 2 nitrogen and oxygen atoms in total. The maximum atomic E-state index is 9.41. The Hall–Kier alpha value is -1.28. The summed E-state index contributed by atoms with van der Waals surface area (Å²) in [6.45, 7) is 5.65. The van der Waals surface area contributed by atoms with Crippen LogP contribution in [0.3, 0.4) is 0 Å². The van der Waals surface area contributed by atoms with Crippen LogP contribution >= 0.6 is 0 Å². The van der Waals surface area contributed by atoms with Crippen molar-refractivity contribution in [2.75, 3.05) is 0 Å². The van der Waals surface area contributed by atoms with Gasteiger partial charge in [0.15, 0.2) is 0 Å². The standard InChI is InChI=1S/C15H21NO/c1-3-12(4-2)10-16-9-8-13-6-5-7-14(11-17)15(13)16/h5-9,12,17H,3-4,10-11H2,1-2H3. The molecule has 0 radical (unpaired) electrons. The lowest BCUT2D eigenvalue weighted by Gasteiger charge is -2.15. The second-order valence-corrected chi connectivity index (χ2v) is 4.66. The molecule has 92 valence electrons. The zero-order chi connectivity index (χ0) is 12.3. The average molecular weight is 231 g/mol. The summed E-state index contributed by atoms with van der Waals surface area (Å²) in [5.41, 5.74) is 2.22. The third-order valence-electron chi connectivity index (χ3n) is 3.65. The second-order valence-electron chi connectivity index (χ2n) is 4.66. The summed E-state index contributed by atoms with van der Waals surface area (Å²) in [7, 11) is 0. The van der Waals surface area contributed by atoms with Gasteiger partial charge in [0.1, 0.15) is 0 Å². The van der Waals surface area contributed by atoms with Gasteiger partial charge in [-0.3, -0.25) is 0 Å². The Labute approximate surface area is 103 Å². The van der Waals surface area contributed by atoms with Crippen molar-refractivity contribution in [2.45, 2.75) is 39.8 Å². The molecule has 1 heterocycles. The number of nitrogens with zero attached hydrogens (tertiary/aromatic N) is 1. The monoisotopic (exact) mass is 231 g/mol. The van der Waals surface area contributed by atoms with Gasteiger partial charge in [-0.25, -0.2) is 0 Å². The summed E-state index contributed by atoms with van der Waals surface area (Å²) in [5.74, 6) is 0.720. The number of para-hydroxylation sites is 1. The van der Waals surface area contributed by atoms with Crippen LogP contribution in [0.25, 0.3) is 10.9 Å². The fraction of sp³-hybridized carbons (Fsp3) is 0.467. The first-order valence-electron chi connectivity index (χ1n) is 6.47. The van der Waals surface area contributed by atoms with Gasteiger partial charge >= 0.3 is 0 Å². The number of aliphatic hydroxyl groups excluding tert-OH is 1. The summed E-state index contributed by atoms with van der Waals surface area (Å²) in [4.78, 5) is 0. The van der Waals surface area contributed by atoms with E-state index in [1.807, 2.05) is 12.1 Å². The minimum atomic E-state index is 0.115. The van der Waals surface area contributed by atoms with Crippen LogP contribution in [0.15, 0.2) is 30.5 Å². The second kappa shape index (κ2) is 5.37. The van der Waals surface area contributed by atoms with Crippen LogP contribution in [0, 0.1) is 5.92 Å². The smallest absolute Gasteiger partial charge is 0.0702 e. The number of hydrogen-bond acceptors (Lipinski definition) is 1. The van der Waals surface area contributed by atoms with Crippen molar-refractivity contribution in [1.82, 2.24) is 4.57 Å². The largest absolute Gasteiger partial charge is 0.392 e. The van der Waals surface area contributed by atoms with Crippen molar-refractivity contribution in [3.05, 3.63) is 36.0 Å². The fourth-order valence-electron chi connectivity index (χ4n) is 2.45. The van der Waals surface area contributed by atoms with Crippen LogP contribution in [0.5, 0.6) is 0 Å². The molecule has 1 aromatic carbocycles. The van der Waals surface area contributed by atoms with E-state index < -0.39 is 0 Å². The molecule has 1 N–H and O–H groups in total. The Bertz CT molecular complexity index is 483. The highest BCUT2D eigenvalue weighted by atomic mass is 16.3. The molecule has 0 unspecified atom stereocenters. The normalized spacial score (nSPS) is 11.5. The van der Waals surface area contributed by atoms with E-state index in [0.29, 0.717) is 0 Å². The maximum Gasteiger partial charge on any atom is 0.0702 e. The van der Waals surface area contributed by atoms with E-state index in [4.69, 9.17) is 0 Å². The number of fused-ring (bicyclic) bond motifs is 1. The molecule has 0 fully saturated rings. The van der Waals surface area contributed by atoms with Gasteiger partial charge < -0.3 is 9.67 Å². The first kappa shape index (κ1) is 12.2. The zero-order valence-corrected chi connectivity index (χ0v) is 10.7. The van der Waals surface area contributed by atoms with Crippen molar-refractivity contribution in [2.24, 2.45) is 5.92 Å². The van der Waals surface area contributed by atoms with Crippen LogP contribution in [-0.2, 0) is 13.2 Å². The van der Waals surface area contributed by atoms with Crippen molar-refractivity contribution in [3.63, 3.8) is 0 Å².